The van der Waals surface area contributed by atoms with Crippen molar-refractivity contribution in [2.24, 2.45) is 17.8 Å². The molecule has 0 spiro atoms. The molecule has 0 aliphatic carbocycles. The first-order valence-electron chi connectivity index (χ1n) is 14.3. The van der Waals surface area contributed by atoms with Gasteiger partial charge in [-0.3, -0.25) is 14.4 Å². The number of carboxylic acid groups (broad SMARTS) is 1. The second kappa shape index (κ2) is 20.7. The van der Waals surface area contributed by atoms with E-state index < -0.39 is 29.9 Å². The van der Waals surface area contributed by atoms with Gasteiger partial charge < -0.3 is 30.8 Å². The molecular formula is C28H51N4NaO5. The van der Waals surface area contributed by atoms with Crippen LogP contribution in [0.5, 0.6) is 0 Å². The van der Waals surface area contributed by atoms with Crippen LogP contribution in [0.15, 0.2) is 0 Å². The summed E-state index contributed by atoms with van der Waals surface area (Å²) in [5.74, 6) is -0.447. The quantitative estimate of drug-likeness (QED) is 0.141. The van der Waals surface area contributed by atoms with E-state index in [1.807, 2.05) is 0 Å². The maximum Gasteiger partial charge on any atom is 1.00 e. The van der Waals surface area contributed by atoms with Gasteiger partial charge in [-0.15, -0.1) is 0 Å². The molecule has 1 rings (SSSR count). The number of rotatable bonds is 19. The van der Waals surface area contributed by atoms with Crippen molar-refractivity contribution in [2.75, 3.05) is 26.7 Å². The van der Waals surface area contributed by atoms with Gasteiger partial charge in [0.1, 0.15) is 12.1 Å². The summed E-state index contributed by atoms with van der Waals surface area (Å²) < 4.78 is 0. The van der Waals surface area contributed by atoms with Gasteiger partial charge in [-0.1, -0.05) is 66.2 Å². The number of carboxylic acids is 1. The summed E-state index contributed by atoms with van der Waals surface area (Å²) in [5, 5.41) is 19.2. The average Bonchev–Trinajstić information content (AvgIpc) is 3.31. The van der Waals surface area contributed by atoms with Crippen LogP contribution in [0.1, 0.15) is 98.3 Å². The van der Waals surface area contributed by atoms with Gasteiger partial charge in [-0.2, -0.15) is 0 Å². The summed E-state index contributed by atoms with van der Waals surface area (Å²) in [6, 6.07) is -1.61. The number of likely N-dealkylation sites (tertiary alicyclic amines) is 1. The van der Waals surface area contributed by atoms with Gasteiger partial charge in [-0.25, -0.2) is 0 Å². The van der Waals surface area contributed by atoms with E-state index in [0.717, 1.165) is 25.2 Å². The average molecular weight is 547 g/mol. The molecule has 9 nitrogen and oxygen atoms in total. The first-order valence-corrected chi connectivity index (χ1v) is 14.3. The van der Waals surface area contributed by atoms with Crippen molar-refractivity contribution in [2.45, 2.75) is 110 Å². The molecular weight excluding hydrogens is 495 g/mol. The molecule has 0 radical (unpaired) electrons. The van der Waals surface area contributed by atoms with Crippen LogP contribution in [0.3, 0.4) is 0 Å². The molecule has 10 heteroatoms. The van der Waals surface area contributed by atoms with Crippen LogP contribution >= 0.6 is 0 Å². The minimum absolute atomic E-state index is 0. The van der Waals surface area contributed by atoms with Crippen molar-refractivity contribution in [3.63, 3.8) is 0 Å². The Kier molecular flexibility index (Phi) is 20.1. The van der Waals surface area contributed by atoms with E-state index >= 15 is 0 Å². The Morgan fingerprint density at radius 1 is 0.921 bits per heavy atom. The first kappa shape index (κ1) is 36.8. The molecule has 1 fully saturated rings. The molecule has 1 heterocycles. The minimum atomic E-state index is -1.28. The number of nitrogens with one attached hydrogen (secondary N) is 3. The Hall–Kier alpha value is -1.16. The summed E-state index contributed by atoms with van der Waals surface area (Å²) in [7, 11) is 1.75. The zero-order valence-electron chi connectivity index (χ0n) is 24.8. The number of likely N-dealkylation sites (N-methyl/N-ethyl adjacent to an activating group) is 1. The van der Waals surface area contributed by atoms with Crippen LogP contribution in [-0.2, 0) is 19.2 Å². The molecule has 1 aliphatic heterocycles. The third-order valence-corrected chi connectivity index (χ3v) is 7.22. The van der Waals surface area contributed by atoms with Gasteiger partial charge in [0.2, 0.25) is 17.7 Å². The van der Waals surface area contributed by atoms with Crippen LogP contribution < -0.4 is 50.6 Å². The van der Waals surface area contributed by atoms with Gasteiger partial charge in [0, 0.05) is 32.0 Å². The minimum Gasteiger partial charge on any atom is -0.550 e. The fourth-order valence-electron chi connectivity index (χ4n) is 4.92. The number of hydrogen-bond acceptors (Lipinski definition) is 6. The van der Waals surface area contributed by atoms with Gasteiger partial charge >= 0.3 is 29.6 Å². The van der Waals surface area contributed by atoms with Crippen molar-refractivity contribution in [1.82, 2.24) is 20.9 Å². The molecule has 38 heavy (non-hydrogen) atoms. The fraction of sp³-hybridized carbons (Fsp3) is 0.857. The van der Waals surface area contributed by atoms with Gasteiger partial charge in [-0.05, 0) is 50.5 Å². The first-order chi connectivity index (χ1) is 17.5. The van der Waals surface area contributed by atoms with Crippen molar-refractivity contribution in [1.29, 1.82) is 0 Å². The predicted octanol–water partition coefficient (Wildman–Crippen LogP) is -1.01. The number of nitrogens with zero attached hydrogens (tertiary/aromatic N) is 1. The van der Waals surface area contributed by atoms with E-state index in [2.05, 4.69) is 43.6 Å². The second-order valence-electron chi connectivity index (χ2n) is 11.3. The maximum atomic E-state index is 13.1. The van der Waals surface area contributed by atoms with Crippen LogP contribution in [0.4, 0.5) is 0 Å². The number of hydrogen-bond donors (Lipinski definition) is 3. The summed E-state index contributed by atoms with van der Waals surface area (Å²) in [4.78, 5) is 51.2. The third kappa shape index (κ3) is 15.4. The predicted molar refractivity (Wildman–Crippen MR) is 143 cm³/mol. The molecule has 0 aromatic rings. The molecule has 0 aromatic heterocycles. The zero-order chi connectivity index (χ0) is 27.8. The largest absolute Gasteiger partial charge is 1.00 e. The molecule has 3 N–H and O–H groups in total. The molecule has 1 aliphatic rings. The molecule has 4 unspecified atom stereocenters. The van der Waals surface area contributed by atoms with E-state index in [9.17, 15) is 24.3 Å². The normalized spacial score (nSPS) is 17.4. The molecule has 214 valence electrons. The van der Waals surface area contributed by atoms with Gasteiger partial charge in [0.25, 0.3) is 0 Å². The van der Waals surface area contributed by atoms with E-state index in [0.29, 0.717) is 38.4 Å². The number of carbonyl (C=O) groups excluding carboxylic acids is 4. The number of aliphatic carboxylic acids is 1. The monoisotopic (exact) mass is 546 g/mol. The zero-order valence-corrected chi connectivity index (χ0v) is 26.8. The second-order valence-corrected chi connectivity index (χ2v) is 11.3. The Labute approximate surface area is 252 Å². The fourth-order valence-corrected chi connectivity index (χ4v) is 4.92. The standard InChI is InChI=1S/C28H52N4O5.Na/c1-20(2)9-6-10-21(3)11-7-12-22(4)19-25(33)32-18-8-13-24(32)28(37)31-23(14-15-26(34)35)27(36)30-17-16-29-5;/h20-24,29H,6-19H2,1-5H3,(H,30,36)(H,31,37)(H,34,35);/q;+1/p-1. The van der Waals surface area contributed by atoms with Crippen molar-refractivity contribution in [3.05, 3.63) is 0 Å². The van der Waals surface area contributed by atoms with Crippen molar-refractivity contribution in [3.8, 4) is 0 Å². The Morgan fingerprint density at radius 3 is 2.16 bits per heavy atom. The van der Waals surface area contributed by atoms with E-state index in [-0.39, 0.29) is 54.2 Å². The summed E-state index contributed by atoms with van der Waals surface area (Å²) in [6.45, 7) is 10.4. The van der Waals surface area contributed by atoms with Gasteiger partial charge in [0.05, 0.1) is 0 Å². The molecule has 1 saturated heterocycles. The molecule has 0 saturated carbocycles. The Bertz CT molecular complexity index is 721. The van der Waals surface area contributed by atoms with Crippen LogP contribution in [-0.4, -0.2) is 67.4 Å². The molecule has 0 aromatic carbocycles. The molecule has 0 bridgehead atoms. The number of amides is 3. The van der Waals surface area contributed by atoms with E-state index in [4.69, 9.17) is 0 Å². The Morgan fingerprint density at radius 2 is 1.55 bits per heavy atom. The summed E-state index contributed by atoms with van der Waals surface area (Å²) >= 11 is 0. The smallest absolute Gasteiger partial charge is 0.550 e. The summed E-state index contributed by atoms with van der Waals surface area (Å²) in [6.07, 6.45) is 8.34. The van der Waals surface area contributed by atoms with Crippen LogP contribution in [0, 0.1) is 17.8 Å². The maximum absolute atomic E-state index is 13.1. The van der Waals surface area contributed by atoms with Crippen LogP contribution in [0.25, 0.3) is 0 Å². The molecule has 3 amide bonds. The van der Waals surface area contributed by atoms with E-state index in [1.54, 1.807) is 11.9 Å². The van der Waals surface area contributed by atoms with Crippen molar-refractivity contribution < 1.29 is 53.8 Å². The summed E-state index contributed by atoms with van der Waals surface area (Å²) in [5.41, 5.74) is 0. The SMILES string of the molecule is CNCCNC(=O)C(CCC(=O)[O-])NC(=O)C1CCCN1C(=O)CC(C)CCCC(C)CCCC(C)C.[Na+]. The third-order valence-electron chi connectivity index (χ3n) is 7.22. The van der Waals surface area contributed by atoms with Crippen molar-refractivity contribution >= 4 is 23.7 Å². The van der Waals surface area contributed by atoms with E-state index in [1.165, 1.54) is 25.7 Å². The Balaban J connectivity index is 0.0000137. The molecule has 4 atom stereocenters. The number of carbonyl (C=O) groups is 4. The van der Waals surface area contributed by atoms with Gasteiger partial charge in [0.15, 0.2) is 0 Å². The topological polar surface area (TPSA) is 131 Å². The van der Waals surface area contributed by atoms with Crippen LogP contribution in [0.2, 0.25) is 0 Å².